The van der Waals surface area contributed by atoms with Crippen molar-refractivity contribution >= 4 is 5.69 Å². The Morgan fingerprint density at radius 2 is 2.24 bits per heavy atom. The lowest BCUT2D eigenvalue weighted by atomic mass is 10.2. The number of rotatable bonds is 6. The molecule has 17 heavy (non-hydrogen) atoms. The van der Waals surface area contributed by atoms with Crippen LogP contribution in [0.3, 0.4) is 0 Å². The highest BCUT2D eigenvalue weighted by molar-refractivity contribution is 5.39. The van der Waals surface area contributed by atoms with Crippen molar-refractivity contribution in [3.05, 3.63) is 34.1 Å². The first-order valence-corrected chi connectivity index (χ1v) is 5.15. The van der Waals surface area contributed by atoms with Crippen molar-refractivity contribution in [1.29, 1.82) is 0 Å². The fourth-order valence-electron chi connectivity index (χ4n) is 1.23. The van der Waals surface area contributed by atoms with Crippen LogP contribution in [0.1, 0.15) is 19.3 Å². The molecule has 0 fully saturated rings. The van der Waals surface area contributed by atoms with Gasteiger partial charge in [-0.05, 0) is 18.9 Å². The Bertz CT molecular complexity index is 440. The third kappa shape index (κ3) is 4.11. The highest BCUT2D eigenvalue weighted by Gasteiger charge is 2.11. The fourth-order valence-corrected chi connectivity index (χ4v) is 1.23. The van der Waals surface area contributed by atoms with Crippen LogP contribution in [0.15, 0.2) is 18.2 Å². The monoisotopic (exact) mass is 237 g/mol. The Kier molecular flexibility index (Phi) is 4.95. The van der Waals surface area contributed by atoms with E-state index < -0.39 is 10.7 Å². The molecule has 1 rings (SSSR count). The Balaban J connectivity index is 2.55. The number of nitrogens with zero attached hydrogens (tertiary/aromatic N) is 1. The van der Waals surface area contributed by atoms with Crippen LogP contribution in [-0.2, 0) is 0 Å². The maximum Gasteiger partial charge on any atom is 0.273 e. The van der Waals surface area contributed by atoms with Crippen LogP contribution >= 0.6 is 0 Å². The second-order valence-corrected chi connectivity index (χ2v) is 3.38. The van der Waals surface area contributed by atoms with E-state index in [-0.39, 0.29) is 11.4 Å². The van der Waals surface area contributed by atoms with Crippen LogP contribution in [0.5, 0.6) is 5.75 Å². The van der Waals surface area contributed by atoms with Crippen LogP contribution in [0.4, 0.5) is 10.1 Å². The van der Waals surface area contributed by atoms with E-state index in [4.69, 9.17) is 11.2 Å². The van der Waals surface area contributed by atoms with Gasteiger partial charge in [0.2, 0.25) is 0 Å². The van der Waals surface area contributed by atoms with Gasteiger partial charge >= 0.3 is 0 Å². The second-order valence-electron chi connectivity index (χ2n) is 3.38. The smallest absolute Gasteiger partial charge is 0.273 e. The van der Waals surface area contributed by atoms with E-state index in [9.17, 15) is 14.5 Å². The Hall–Kier alpha value is -2.09. The topological polar surface area (TPSA) is 52.4 Å². The summed E-state index contributed by atoms with van der Waals surface area (Å²) in [6.45, 7) is 0.291. The standard InChI is InChI=1S/C12H12FNO3/c1-2-3-4-5-8-17-12-9-10(14(15)16)6-7-11(12)13/h1,6-7,9H,3-5,8H2. The van der Waals surface area contributed by atoms with Crippen molar-refractivity contribution in [2.75, 3.05) is 6.61 Å². The molecule has 0 atom stereocenters. The zero-order valence-electron chi connectivity index (χ0n) is 9.19. The minimum Gasteiger partial charge on any atom is -0.490 e. The van der Waals surface area contributed by atoms with Gasteiger partial charge in [-0.2, -0.15) is 0 Å². The van der Waals surface area contributed by atoms with Gasteiger partial charge in [0.1, 0.15) is 0 Å². The molecule has 0 radical (unpaired) electrons. The molecule has 1 aromatic carbocycles. The summed E-state index contributed by atoms with van der Waals surface area (Å²) in [4.78, 5) is 9.89. The van der Waals surface area contributed by atoms with E-state index in [1.807, 2.05) is 0 Å². The summed E-state index contributed by atoms with van der Waals surface area (Å²) in [6, 6.07) is 3.20. The van der Waals surface area contributed by atoms with Crippen molar-refractivity contribution in [2.45, 2.75) is 19.3 Å². The third-order valence-electron chi connectivity index (χ3n) is 2.10. The number of ether oxygens (including phenoxy) is 1. The lowest BCUT2D eigenvalue weighted by Crippen LogP contribution is -2.00. The van der Waals surface area contributed by atoms with Gasteiger partial charge in [0.15, 0.2) is 11.6 Å². The van der Waals surface area contributed by atoms with Crippen LogP contribution in [0, 0.1) is 28.3 Å². The molecule has 4 nitrogen and oxygen atoms in total. The van der Waals surface area contributed by atoms with Crippen LogP contribution in [-0.4, -0.2) is 11.5 Å². The summed E-state index contributed by atoms with van der Waals surface area (Å²) in [7, 11) is 0. The van der Waals surface area contributed by atoms with Crippen molar-refractivity contribution in [3.8, 4) is 18.1 Å². The van der Waals surface area contributed by atoms with Gasteiger partial charge in [-0.15, -0.1) is 12.3 Å². The molecule has 0 saturated heterocycles. The molecule has 0 bridgehead atoms. The lowest BCUT2D eigenvalue weighted by Gasteiger charge is -2.06. The van der Waals surface area contributed by atoms with E-state index in [0.717, 1.165) is 24.6 Å². The number of unbranched alkanes of at least 4 members (excludes halogenated alkanes) is 2. The van der Waals surface area contributed by atoms with E-state index >= 15 is 0 Å². The van der Waals surface area contributed by atoms with Gasteiger partial charge < -0.3 is 4.74 Å². The molecule has 0 aromatic heterocycles. The number of non-ortho nitro benzene ring substituents is 1. The van der Waals surface area contributed by atoms with E-state index in [0.29, 0.717) is 19.4 Å². The van der Waals surface area contributed by atoms with Gasteiger partial charge in [0.05, 0.1) is 17.6 Å². The molecule has 0 spiro atoms. The first kappa shape index (κ1) is 13.0. The van der Waals surface area contributed by atoms with Gasteiger partial charge in [-0.3, -0.25) is 10.1 Å². The Morgan fingerprint density at radius 3 is 2.88 bits per heavy atom. The number of nitro groups is 1. The molecule has 0 saturated carbocycles. The molecular formula is C12H12FNO3. The van der Waals surface area contributed by atoms with Crippen molar-refractivity contribution < 1.29 is 14.1 Å². The maximum atomic E-state index is 13.2. The molecule has 90 valence electrons. The minimum atomic E-state index is -0.604. The molecule has 0 N–H and O–H groups in total. The van der Waals surface area contributed by atoms with Crippen molar-refractivity contribution in [2.24, 2.45) is 0 Å². The van der Waals surface area contributed by atoms with Crippen LogP contribution in [0.2, 0.25) is 0 Å². The summed E-state index contributed by atoms with van der Waals surface area (Å²) >= 11 is 0. The number of hydrogen-bond donors (Lipinski definition) is 0. The summed E-state index contributed by atoms with van der Waals surface area (Å²) in [6.07, 6.45) is 7.18. The van der Waals surface area contributed by atoms with Crippen LogP contribution in [0.25, 0.3) is 0 Å². The molecule has 0 aliphatic rings. The highest BCUT2D eigenvalue weighted by Crippen LogP contribution is 2.23. The summed E-state index contributed by atoms with van der Waals surface area (Å²) < 4.78 is 18.4. The highest BCUT2D eigenvalue weighted by atomic mass is 19.1. The van der Waals surface area contributed by atoms with E-state index in [2.05, 4.69) is 5.92 Å². The molecule has 0 heterocycles. The molecule has 5 heteroatoms. The van der Waals surface area contributed by atoms with Crippen molar-refractivity contribution in [1.82, 2.24) is 0 Å². The largest absolute Gasteiger partial charge is 0.490 e. The fraction of sp³-hybridized carbons (Fsp3) is 0.333. The molecule has 0 aliphatic heterocycles. The van der Waals surface area contributed by atoms with Gasteiger partial charge in [-0.1, -0.05) is 0 Å². The summed E-state index contributed by atoms with van der Waals surface area (Å²) in [5, 5.41) is 10.5. The van der Waals surface area contributed by atoms with E-state index in [1.165, 1.54) is 0 Å². The summed E-state index contributed by atoms with van der Waals surface area (Å²) in [5.41, 5.74) is -0.190. The number of hydrogen-bond acceptors (Lipinski definition) is 3. The lowest BCUT2D eigenvalue weighted by molar-refractivity contribution is -0.385. The first-order chi connectivity index (χ1) is 8.15. The van der Waals surface area contributed by atoms with E-state index in [1.54, 1.807) is 0 Å². The van der Waals surface area contributed by atoms with Gasteiger partial charge in [0, 0.05) is 12.5 Å². The normalized spacial score (nSPS) is 9.65. The Morgan fingerprint density at radius 1 is 1.47 bits per heavy atom. The SMILES string of the molecule is C#CCCCCOc1cc([N+](=O)[O-])ccc1F. The Labute approximate surface area is 98.6 Å². The zero-order valence-corrected chi connectivity index (χ0v) is 9.19. The molecule has 0 aliphatic carbocycles. The van der Waals surface area contributed by atoms with Gasteiger partial charge in [0.25, 0.3) is 5.69 Å². The van der Waals surface area contributed by atoms with Crippen molar-refractivity contribution in [3.63, 3.8) is 0 Å². The third-order valence-corrected chi connectivity index (χ3v) is 2.10. The summed E-state index contributed by atoms with van der Waals surface area (Å²) in [5.74, 6) is 1.78. The average Bonchev–Trinajstić information content (AvgIpc) is 2.30. The van der Waals surface area contributed by atoms with Gasteiger partial charge in [-0.25, -0.2) is 4.39 Å². The quantitative estimate of drug-likeness (QED) is 0.331. The molecular weight excluding hydrogens is 225 g/mol. The average molecular weight is 237 g/mol. The predicted molar refractivity (Wildman–Crippen MR) is 61.2 cm³/mol. The molecule has 0 unspecified atom stereocenters. The molecule has 0 amide bonds. The van der Waals surface area contributed by atoms with Crippen LogP contribution < -0.4 is 4.74 Å². The first-order valence-electron chi connectivity index (χ1n) is 5.15. The predicted octanol–water partition coefficient (Wildman–Crippen LogP) is 2.92. The number of terminal acetylenes is 1. The number of benzene rings is 1. The number of halogens is 1. The maximum absolute atomic E-state index is 13.2. The number of nitro benzene ring substituents is 1. The zero-order chi connectivity index (χ0) is 12.7. The molecule has 1 aromatic rings. The minimum absolute atomic E-state index is 0.0973. The second kappa shape index (κ2) is 6.48.